The van der Waals surface area contributed by atoms with E-state index in [0.717, 1.165) is 5.56 Å². The van der Waals surface area contributed by atoms with Gasteiger partial charge in [0.05, 0.1) is 13.2 Å². The van der Waals surface area contributed by atoms with E-state index >= 15 is 0 Å². The lowest BCUT2D eigenvalue weighted by Crippen LogP contribution is -2.02. The van der Waals surface area contributed by atoms with E-state index in [-0.39, 0.29) is 6.04 Å². The Hall–Kier alpha value is -1.64. The number of carbonyl (C=O) groups is 1. The van der Waals surface area contributed by atoms with Crippen molar-refractivity contribution in [1.29, 1.82) is 0 Å². The number of methoxy groups -OCH3 is 1. The van der Waals surface area contributed by atoms with Crippen molar-refractivity contribution in [2.24, 2.45) is 4.99 Å². The number of nitrogens with zero attached hydrogens (tertiary/aromatic N) is 1. The fourth-order valence-corrected chi connectivity index (χ4v) is 1.04. The Morgan fingerprint density at radius 3 is 2.64 bits per heavy atom. The number of carbonyl (C=O) groups excluding carboxylic acids is 1. The zero-order valence-corrected chi connectivity index (χ0v) is 8.31. The summed E-state index contributed by atoms with van der Waals surface area (Å²) in [5, 5.41) is 0. The molecular formula is C11H13NO2. The van der Waals surface area contributed by atoms with E-state index in [9.17, 15) is 4.79 Å². The van der Waals surface area contributed by atoms with Crippen molar-refractivity contribution < 1.29 is 9.53 Å². The topological polar surface area (TPSA) is 38.7 Å². The molecule has 0 unspecified atom stereocenters. The normalized spacial score (nSPS) is 12.7. The standard InChI is InChI=1S/C11H13NO2/c1-9(12-8-11(13)14-2)10-6-4-3-5-7-10/h3-9H,1-2H3/b12-8+/t9-/m1/s1. The van der Waals surface area contributed by atoms with Crippen molar-refractivity contribution in [3.8, 4) is 0 Å². The van der Waals surface area contributed by atoms with Gasteiger partial charge in [-0.15, -0.1) is 0 Å². The fourth-order valence-electron chi connectivity index (χ4n) is 1.04. The lowest BCUT2D eigenvalue weighted by Gasteiger charge is -2.04. The molecule has 0 spiro atoms. The highest BCUT2D eigenvalue weighted by Crippen LogP contribution is 2.14. The highest BCUT2D eigenvalue weighted by Gasteiger charge is 2.01. The van der Waals surface area contributed by atoms with Crippen molar-refractivity contribution in [3.63, 3.8) is 0 Å². The van der Waals surface area contributed by atoms with Gasteiger partial charge in [0, 0.05) is 0 Å². The third-order valence-electron chi connectivity index (χ3n) is 1.89. The van der Waals surface area contributed by atoms with Gasteiger partial charge in [0.1, 0.15) is 6.21 Å². The summed E-state index contributed by atoms with van der Waals surface area (Å²) < 4.78 is 4.45. The van der Waals surface area contributed by atoms with Crippen LogP contribution in [0.4, 0.5) is 0 Å². The van der Waals surface area contributed by atoms with Gasteiger partial charge < -0.3 is 4.74 Å². The number of hydrogen-bond donors (Lipinski definition) is 0. The Morgan fingerprint density at radius 1 is 1.43 bits per heavy atom. The number of rotatable bonds is 3. The first-order chi connectivity index (χ1) is 6.74. The highest BCUT2D eigenvalue weighted by molar-refractivity contribution is 6.23. The third-order valence-corrected chi connectivity index (χ3v) is 1.89. The van der Waals surface area contributed by atoms with Crippen molar-refractivity contribution >= 4 is 12.2 Å². The molecule has 0 fully saturated rings. The van der Waals surface area contributed by atoms with Crippen LogP contribution in [0.25, 0.3) is 0 Å². The summed E-state index contributed by atoms with van der Waals surface area (Å²) >= 11 is 0. The summed E-state index contributed by atoms with van der Waals surface area (Å²) in [4.78, 5) is 14.8. The molecule has 1 aromatic rings. The lowest BCUT2D eigenvalue weighted by molar-refractivity contribution is -0.132. The van der Waals surface area contributed by atoms with Gasteiger partial charge >= 0.3 is 5.97 Å². The van der Waals surface area contributed by atoms with E-state index in [2.05, 4.69) is 9.73 Å². The van der Waals surface area contributed by atoms with Gasteiger partial charge in [-0.1, -0.05) is 30.3 Å². The van der Waals surface area contributed by atoms with Gasteiger partial charge in [-0.25, -0.2) is 4.79 Å². The van der Waals surface area contributed by atoms with Gasteiger partial charge in [0.2, 0.25) is 0 Å². The Kier molecular flexibility index (Phi) is 3.85. The fraction of sp³-hybridized carbons (Fsp3) is 0.273. The molecule has 0 aliphatic rings. The van der Waals surface area contributed by atoms with Crippen LogP contribution in [0, 0.1) is 0 Å². The lowest BCUT2D eigenvalue weighted by atomic mass is 10.1. The van der Waals surface area contributed by atoms with E-state index in [1.165, 1.54) is 13.3 Å². The molecule has 74 valence electrons. The predicted molar refractivity (Wildman–Crippen MR) is 55.4 cm³/mol. The van der Waals surface area contributed by atoms with Crippen LogP contribution in [0.15, 0.2) is 35.3 Å². The maximum atomic E-state index is 10.8. The number of ether oxygens (including phenoxy) is 1. The first kappa shape index (κ1) is 10.4. The quantitative estimate of drug-likeness (QED) is 0.541. The number of benzene rings is 1. The average molecular weight is 191 g/mol. The first-order valence-electron chi connectivity index (χ1n) is 4.40. The van der Waals surface area contributed by atoms with E-state index in [1.54, 1.807) is 0 Å². The van der Waals surface area contributed by atoms with Gasteiger partial charge in [-0.2, -0.15) is 0 Å². The monoisotopic (exact) mass is 191 g/mol. The molecule has 1 aromatic carbocycles. The predicted octanol–water partition coefficient (Wildman–Crippen LogP) is 1.99. The summed E-state index contributed by atoms with van der Waals surface area (Å²) in [5.41, 5.74) is 1.08. The molecule has 14 heavy (non-hydrogen) atoms. The zero-order valence-electron chi connectivity index (χ0n) is 8.31. The SMILES string of the molecule is COC(=O)/C=N/[C@H](C)c1ccccc1. The molecule has 1 rings (SSSR count). The molecule has 3 nitrogen and oxygen atoms in total. The van der Waals surface area contributed by atoms with Crippen LogP contribution in [0.2, 0.25) is 0 Å². The molecule has 0 aromatic heterocycles. The Labute approximate surface area is 83.4 Å². The van der Waals surface area contributed by atoms with E-state index in [4.69, 9.17) is 0 Å². The van der Waals surface area contributed by atoms with E-state index in [1.807, 2.05) is 37.3 Å². The van der Waals surface area contributed by atoms with Crippen molar-refractivity contribution in [3.05, 3.63) is 35.9 Å². The minimum Gasteiger partial charge on any atom is -0.465 e. The molecule has 0 heterocycles. The minimum absolute atomic E-state index is 0.0182. The molecular weight excluding hydrogens is 178 g/mol. The van der Waals surface area contributed by atoms with Crippen LogP contribution in [-0.2, 0) is 9.53 Å². The molecule has 1 atom stereocenters. The molecule has 0 saturated heterocycles. The molecule has 0 aliphatic carbocycles. The molecule has 0 aliphatic heterocycles. The molecule has 0 amide bonds. The average Bonchev–Trinajstić information content (AvgIpc) is 2.26. The van der Waals surface area contributed by atoms with Crippen LogP contribution >= 0.6 is 0 Å². The second kappa shape index (κ2) is 5.17. The van der Waals surface area contributed by atoms with Crippen molar-refractivity contribution in [2.45, 2.75) is 13.0 Å². The van der Waals surface area contributed by atoms with Gasteiger partial charge in [-0.05, 0) is 12.5 Å². The number of aliphatic imine (C=N–C) groups is 1. The van der Waals surface area contributed by atoms with E-state index < -0.39 is 5.97 Å². The molecule has 0 radical (unpaired) electrons. The summed E-state index contributed by atoms with van der Waals surface area (Å²) in [6.45, 7) is 1.93. The molecule has 0 saturated carbocycles. The summed E-state index contributed by atoms with van der Waals surface area (Å²) in [6, 6.07) is 9.76. The van der Waals surface area contributed by atoms with E-state index in [0.29, 0.717) is 0 Å². The maximum Gasteiger partial charge on any atom is 0.348 e. The molecule has 0 bridgehead atoms. The number of esters is 1. The van der Waals surface area contributed by atoms with Crippen molar-refractivity contribution in [2.75, 3.05) is 7.11 Å². The molecule has 0 N–H and O–H groups in total. The largest absolute Gasteiger partial charge is 0.465 e. The van der Waals surface area contributed by atoms with Crippen molar-refractivity contribution in [1.82, 2.24) is 0 Å². The van der Waals surface area contributed by atoms with Crippen LogP contribution < -0.4 is 0 Å². The zero-order chi connectivity index (χ0) is 10.4. The van der Waals surface area contributed by atoms with Gasteiger partial charge in [0.15, 0.2) is 0 Å². The first-order valence-corrected chi connectivity index (χ1v) is 4.40. The Balaban J connectivity index is 2.63. The van der Waals surface area contributed by atoms with Gasteiger partial charge in [0.25, 0.3) is 0 Å². The summed E-state index contributed by atoms with van der Waals surface area (Å²) in [6.07, 6.45) is 1.21. The maximum absolute atomic E-state index is 10.8. The highest BCUT2D eigenvalue weighted by atomic mass is 16.5. The van der Waals surface area contributed by atoms with Gasteiger partial charge in [-0.3, -0.25) is 4.99 Å². The van der Waals surface area contributed by atoms with Crippen LogP contribution in [0.5, 0.6) is 0 Å². The Morgan fingerprint density at radius 2 is 2.07 bits per heavy atom. The van der Waals surface area contributed by atoms with Crippen LogP contribution in [0.1, 0.15) is 18.5 Å². The summed E-state index contributed by atoms with van der Waals surface area (Å²) in [7, 11) is 1.33. The summed E-state index contributed by atoms with van der Waals surface area (Å²) in [5.74, 6) is -0.423. The Bertz CT molecular complexity index is 319. The second-order valence-corrected chi connectivity index (χ2v) is 2.89. The molecule has 3 heteroatoms. The number of hydrogen-bond acceptors (Lipinski definition) is 3. The van der Waals surface area contributed by atoms with Crippen LogP contribution in [0.3, 0.4) is 0 Å². The minimum atomic E-state index is -0.423. The van der Waals surface area contributed by atoms with Crippen LogP contribution in [-0.4, -0.2) is 19.3 Å². The third kappa shape index (κ3) is 3.01. The second-order valence-electron chi connectivity index (χ2n) is 2.89. The smallest absolute Gasteiger partial charge is 0.348 e.